The van der Waals surface area contributed by atoms with Crippen molar-refractivity contribution in [3.05, 3.63) is 23.7 Å². The zero-order chi connectivity index (χ0) is 11.2. The van der Waals surface area contributed by atoms with Gasteiger partial charge in [0.1, 0.15) is 12.4 Å². The van der Waals surface area contributed by atoms with Gasteiger partial charge in [-0.25, -0.2) is 0 Å². The molecule has 4 heteroatoms. The molecule has 2 heterocycles. The van der Waals surface area contributed by atoms with Gasteiger partial charge in [0.2, 0.25) is 0 Å². The van der Waals surface area contributed by atoms with E-state index < -0.39 is 0 Å². The highest BCUT2D eigenvalue weighted by Gasteiger charge is 2.15. The molecule has 1 aliphatic heterocycles. The normalized spacial score (nSPS) is 20.4. The monoisotopic (exact) mass is 225 g/mol. The van der Waals surface area contributed by atoms with Crippen LogP contribution in [0.4, 0.5) is 0 Å². The van der Waals surface area contributed by atoms with E-state index in [0.717, 1.165) is 44.1 Å². The second-order valence-corrected chi connectivity index (χ2v) is 4.20. The first-order valence-corrected chi connectivity index (χ1v) is 5.75. The third-order valence-corrected chi connectivity index (χ3v) is 2.71. The summed E-state index contributed by atoms with van der Waals surface area (Å²) in [4.78, 5) is 0. The average molecular weight is 225 g/mol. The molecular weight excluding hydrogens is 206 g/mol. The van der Waals surface area contributed by atoms with Gasteiger partial charge in [-0.2, -0.15) is 0 Å². The lowest BCUT2D eigenvalue weighted by atomic mass is 10.1. The first-order chi connectivity index (χ1) is 7.88. The molecule has 1 saturated heterocycles. The maximum atomic E-state index is 5.60. The highest BCUT2D eigenvalue weighted by Crippen LogP contribution is 2.14. The van der Waals surface area contributed by atoms with Gasteiger partial charge >= 0.3 is 0 Å². The molecule has 1 atom stereocenters. The van der Waals surface area contributed by atoms with Crippen molar-refractivity contribution < 1.29 is 13.9 Å². The third-order valence-electron chi connectivity index (χ3n) is 2.71. The fourth-order valence-electron chi connectivity index (χ4n) is 1.84. The van der Waals surface area contributed by atoms with Crippen LogP contribution in [-0.2, 0) is 22.6 Å². The van der Waals surface area contributed by atoms with Gasteiger partial charge < -0.3 is 19.2 Å². The number of nitrogens with one attached hydrogen (secondary N) is 1. The van der Waals surface area contributed by atoms with Gasteiger partial charge in [0.15, 0.2) is 0 Å². The molecule has 1 unspecified atom stereocenters. The summed E-state index contributed by atoms with van der Waals surface area (Å²) in [5.74, 6) is 1.45. The van der Waals surface area contributed by atoms with E-state index >= 15 is 0 Å². The van der Waals surface area contributed by atoms with E-state index in [9.17, 15) is 0 Å². The van der Waals surface area contributed by atoms with Crippen LogP contribution in [0.3, 0.4) is 0 Å². The van der Waals surface area contributed by atoms with Gasteiger partial charge in [-0.3, -0.25) is 0 Å². The number of hydrogen-bond donors (Lipinski definition) is 1. The number of hydrogen-bond acceptors (Lipinski definition) is 4. The van der Waals surface area contributed by atoms with Crippen molar-refractivity contribution in [2.75, 3.05) is 26.9 Å². The van der Waals surface area contributed by atoms with Gasteiger partial charge in [-0.15, -0.1) is 0 Å². The van der Waals surface area contributed by atoms with Crippen LogP contribution in [0.5, 0.6) is 0 Å². The summed E-state index contributed by atoms with van der Waals surface area (Å²) in [7, 11) is 1.92. The summed E-state index contributed by atoms with van der Waals surface area (Å²) in [5.41, 5.74) is 1.16. The summed E-state index contributed by atoms with van der Waals surface area (Å²) in [6, 6.07) is 2.03. The SMILES string of the molecule is CNCc1coc(COCC2CCOC2)c1. The van der Waals surface area contributed by atoms with Crippen molar-refractivity contribution >= 4 is 0 Å². The van der Waals surface area contributed by atoms with Gasteiger partial charge in [0.25, 0.3) is 0 Å². The Labute approximate surface area is 95.9 Å². The third kappa shape index (κ3) is 3.33. The Morgan fingerprint density at radius 3 is 3.25 bits per heavy atom. The quantitative estimate of drug-likeness (QED) is 0.797. The fourth-order valence-corrected chi connectivity index (χ4v) is 1.84. The van der Waals surface area contributed by atoms with Crippen molar-refractivity contribution in [3.8, 4) is 0 Å². The second kappa shape index (κ2) is 6.03. The van der Waals surface area contributed by atoms with E-state index in [1.54, 1.807) is 6.26 Å². The predicted octanol–water partition coefficient (Wildman–Crippen LogP) is 1.55. The van der Waals surface area contributed by atoms with Crippen molar-refractivity contribution in [2.45, 2.75) is 19.6 Å². The summed E-state index contributed by atoms with van der Waals surface area (Å²) in [6.07, 6.45) is 2.89. The molecule has 0 radical (unpaired) electrons. The fraction of sp³-hybridized carbons (Fsp3) is 0.667. The van der Waals surface area contributed by atoms with Crippen LogP contribution in [0.15, 0.2) is 16.7 Å². The maximum absolute atomic E-state index is 5.60. The van der Waals surface area contributed by atoms with E-state index in [2.05, 4.69) is 5.32 Å². The molecule has 0 saturated carbocycles. The topological polar surface area (TPSA) is 43.6 Å². The Balaban J connectivity index is 1.67. The molecule has 0 amide bonds. The van der Waals surface area contributed by atoms with Crippen LogP contribution >= 0.6 is 0 Å². The molecule has 1 aromatic rings. The molecule has 1 aliphatic rings. The van der Waals surface area contributed by atoms with Crippen LogP contribution in [0, 0.1) is 5.92 Å². The summed E-state index contributed by atoms with van der Waals surface area (Å²) in [6.45, 7) is 3.87. The Hall–Kier alpha value is -0.840. The number of ether oxygens (including phenoxy) is 2. The standard InChI is InChI=1S/C12H19NO3/c1-13-5-11-4-12(16-8-11)9-15-7-10-2-3-14-6-10/h4,8,10,13H,2-3,5-7,9H2,1H3. The minimum atomic E-state index is 0.556. The van der Waals surface area contributed by atoms with Crippen LogP contribution < -0.4 is 5.32 Å². The Kier molecular flexibility index (Phi) is 4.39. The van der Waals surface area contributed by atoms with Crippen LogP contribution in [0.2, 0.25) is 0 Å². The lowest BCUT2D eigenvalue weighted by Gasteiger charge is -2.06. The zero-order valence-corrected chi connectivity index (χ0v) is 9.70. The number of rotatable bonds is 6. The molecule has 4 nitrogen and oxygen atoms in total. The predicted molar refractivity (Wildman–Crippen MR) is 60.1 cm³/mol. The first-order valence-electron chi connectivity index (χ1n) is 5.75. The lowest BCUT2D eigenvalue weighted by molar-refractivity contribution is 0.0691. The van der Waals surface area contributed by atoms with Gasteiger partial charge in [0.05, 0.1) is 19.5 Å². The molecule has 0 aliphatic carbocycles. The maximum Gasteiger partial charge on any atom is 0.129 e. The van der Waals surface area contributed by atoms with Crippen molar-refractivity contribution in [1.29, 1.82) is 0 Å². The van der Waals surface area contributed by atoms with E-state index in [4.69, 9.17) is 13.9 Å². The molecule has 0 spiro atoms. The smallest absolute Gasteiger partial charge is 0.129 e. The lowest BCUT2D eigenvalue weighted by Crippen LogP contribution is -2.08. The minimum absolute atomic E-state index is 0.556. The van der Waals surface area contributed by atoms with Crippen LogP contribution in [-0.4, -0.2) is 26.9 Å². The molecule has 90 valence electrons. The van der Waals surface area contributed by atoms with E-state index in [1.807, 2.05) is 13.1 Å². The molecule has 0 bridgehead atoms. The Bertz CT molecular complexity index is 305. The minimum Gasteiger partial charge on any atom is -0.467 e. The van der Waals surface area contributed by atoms with Crippen molar-refractivity contribution in [2.24, 2.45) is 5.92 Å². The second-order valence-electron chi connectivity index (χ2n) is 4.20. The van der Waals surface area contributed by atoms with Gasteiger partial charge in [-0.05, 0) is 19.5 Å². The molecule has 1 fully saturated rings. The average Bonchev–Trinajstić information content (AvgIpc) is 2.90. The molecule has 0 aromatic carbocycles. The highest BCUT2D eigenvalue weighted by molar-refractivity contribution is 5.11. The summed E-state index contributed by atoms with van der Waals surface area (Å²) in [5, 5.41) is 3.08. The summed E-state index contributed by atoms with van der Waals surface area (Å²) >= 11 is 0. The molecule has 2 rings (SSSR count). The van der Waals surface area contributed by atoms with Crippen LogP contribution in [0.1, 0.15) is 17.7 Å². The number of furan rings is 1. The van der Waals surface area contributed by atoms with E-state index in [0.29, 0.717) is 12.5 Å². The van der Waals surface area contributed by atoms with Gasteiger partial charge in [-0.1, -0.05) is 0 Å². The van der Waals surface area contributed by atoms with Crippen molar-refractivity contribution in [3.63, 3.8) is 0 Å². The van der Waals surface area contributed by atoms with Crippen LogP contribution in [0.25, 0.3) is 0 Å². The highest BCUT2D eigenvalue weighted by atomic mass is 16.5. The summed E-state index contributed by atoms with van der Waals surface area (Å²) < 4.78 is 16.3. The zero-order valence-electron chi connectivity index (χ0n) is 9.70. The Morgan fingerprint density at radius 2 is 2.50 bits per heavy atom. The molecule has 16 heavy (non-hydrogen) atoms. The Morgan fingerprint density at radius 1 is 1.56 bits per heavy atom. The first kappa shape index (κ1) is 11.6. The van der Waals surface area contributed by atoms with E-state index in [-0.39, 0.29) is 0 Å². The molecule has 1 aromatic heterocycles. The molecule has 1 N–H and O–H groups in total. The molecular formula is C12H19NO3. The largest absolute Gasteiger partial charge is 0.467 e. The van der Waals surface area contributed by atoms with Gasteiger partial charge in [0, 0.05) is 24.6 Å². The van der Waals surface area contributed by atoms with E-state index in [1.165, 1.54) is 0 Å². The van der Waals surface area contributed by atoms with Crippen molar-refractivity contribution in [1.82, 2.24) is 5.32 Å².